The second-order valence-electron chi connectivity index (χ2n) is 5.48. The van der Waals surface area contributed by atoms with Crippen LogP contribution in [0.25, 0.3) is 0 Å². The highest BCUT2D eigenvalue weighted by Crippen LogP contribution is 2.24. The Labute approximate surface area is 105 Å². The first-order valence-electron chi connectivity index (χ1n) is 7.42. The molecular formula is C14H27NO2. The predicted octanol–water partition coefficient (Wildman–Crippen LogP) is 3.19. The van der Waals surface area contributed by atoms with Crippen LogP contribution in [0.15, 0.2) is 0 Å². The number of nitrogens with one attached hydrogen (secondary N) is 1. The van der Waals surface area contributed by atoms with Crippen LogP contribution in [0.3, 0.4) is 0 Å². The molecule has 2 aliphatic carbocycles. The highest BCUT2D eigenvalue weighted by Gasteiger charge is 2.24. The summed E-state index contributed by atoms with van der Waals surface area (Å²) in [7, 11) is 0. The summed E-state index contributed by atoms with van der Waals surface area (Å²) in [6.45, 7) is 2.62. The molecule has 0 amide bonds. The second-order valence-corrected chi connectivity index (χ2v) is 5.48. The first-order valence-corrected chi connectivity index (χ1v) is 7.42. The zero-order chi connectivity index (χ0) is 11.9. The molecule has 2 rings (SSSR count). The Bertz CT molecular complexity index is 196. The van der Waals surface area contributed by atoms with Crippen LogP contribution in [-0.4, -0.2) is 24.8 Å². The van der Waals surface area contributed by atoms with Gasteiger partial charge in [-0.3, -0.25) is 0 Å². The number of hydrogen-bond acceptors (Lipinski definition) is 3. The molecule has 0 saturated heterocycles. The lowest BCUT2D eigenvalue weighted by Gasteiger charge is -2.33. The minimum atomic E-state index is 0.333. The van der Waals surface area contributed by atoms with Gasteiger partial charge in [-0.25, -0.2) is 9.78 Å². The van der Waals surface area contributed by atoms with Crippen molar-refractivity contribution in [2.24, 2.45) is 0 Å². The van der Waals surface area contributed by atoms with Crippen molar-refractivity contribution in [3.05, 3.63) is 0 Å². The van der Waals surface area contributed by atoms with Gasteiger partial charge in [0.25, 0.3) is 0 Å². The number of rotatable bonds is 5. The monoisotopic (exact) mass is 241 g/mol. The van der Waals surface area contributed by atoms with E-state index in [4.69, 9.17) is 9.78 Å². The van der Waals surface area contributed by atoms with E-state index in [0.29, 0.717) is 12.7 Å². The van der Waals surface area contributed by atoms with Crippen molar-refractivity contribution in [2.45, 2.75) is 82.9 Å². The molecule has 0 radical (unpaired) electrons. The molecule has 2 fully saturated rings. The summed E-state index contributed by atoms with van der Waals surface area (Å²) in [4.78, 5) is 10.4. The third-order valence-corrected chi connectivity index (χ3v) is 4.07. The Morgan fingerprint density at radius 1 is 0.882 bits per heavy atom. The molecule has 0 aromatic heterocycles. The van der Waals surface area contributed by atoms with Gasteiger partial charge in [0.15, 0.2) is 0 Å². The van der Waals surface area contributed by atoms with Gasteiger partial charge in [-0.05, 0) is 45.4 Å². The molecule has 0 unspecified atom stereocenters. The average Bonchev–Trinajstić information content (AvgIpc) is 2.39. The van der Waals surface area contributed by atoms with Gasteiger partial charge in [-0.15, -0.1) is 0 Å². The van der Waals surface area contributed by atoms with Crippen LogP contribution in [0.5, 0.6) is 0 Å². The SMILES string of the molecule is CCOOC1CCC(NC2CCCCC2)CC1. The summed E-state index contributed by atoms with van der Waals surface area (Å²) in [6, 6.07) is 1.51. The lowest BCUT2D eigenvalue weighted by molar-refractivity contribution is -0.326. The fourth-order valence-electron chi connectivity index (χ4n) is 3.09. The highest BCUT2D eigenvalue weighted by molar-refractivity contribution is 4.82. The zero-order valence-electron chi connectivity index (χ0n) is 11.1. The minimum Gasteiger partial charge on any atom is -0.311 e. The van der Waals surface area contributed by atoms with Crippen LogP contribution in [0.4, 0.5) is 0 Å². The molecule has 0 aromatic carbocycles. The normalized spacial score (nSPS) is 31.6. The molecule has 3 nitrogen and oxygen atoms in total. The van der Waals surface area contributed by atoms with Crippen LogP contribution < -0.4 is 5.32 Å². The summed E-state index contributed by atoms with van der Waals surface area (Å²) >= 11 is 0. The van der Waals surface area contributed by atoms with E-state index in [1.807, 2.05) is 6.92 Å². The van der Waals surface area contributed by atoms with Gasteiger partial charge >= 0.3 is 0 Å². The van der Waals surface area contributed by atoms with Crippen LogP contribution in [0.2, 0.25) is 0 Å². The Balaban J connectivity index is 1.61. The summed E-state index contributed by atoms with van der Waals surface area (Å²) in [6.07, 6.45) is 12.1. The highest BCUT2D eigenvalue weighted by atomic mass is 17.2. The standard InChI is InChI=1S/C14H27NO2/c1-2-16-17-14-10-8-13(9-11-14)15-12-6-4-3-5-7-12/h12-15H,2-11H2,1H3. The lowest BCUT2D eigenvalue weighted by Crippen LogP contribution is -2.42. The van der Waals surface area contributed by atoms with Crippen LogP contribution >= 0.6 is 0 Å². The predicted molar refractivity (Wildman–Crippen MR) is 68.8 cm³/mol. The van der Waals surface area contributed by atoms with E-state index < -0.39 is 0 Å². The molecule has 0 spiro atoms. The molecule has 0 atom stereocenters. The third-order valence-electron chi connectivity index (χ3n) is 4.07. The van der Waals surface area contributed by atoms with Crippen molar-refractivity contribution in [1.29, 1.82) is 0 Å². The third kappa shape index (κ3) is 4.57. The summed E-state index contributed by atoms with van der Waals surface area (Å²) in [5.74, 6) is 0. The molecule has 100 valence electrons. The van der Waals surface area contributed by atoms with Gasteiger partial charge in [0.05, 0.1) is 12.7 Å². The van der Waals surface area contributed by atoms with Gasteiger partial charge < -0.3 is 5.32 Å². The molecule has 17 heavy (non-hydrogen) atoms. The Morgan fingerprint density at radius 3 is 2.18 bits per heavy atom. The van der Waals surface area contributed by atoms with Crippen molar-refractivity contribution in [3.8, 4) is 0 Å². The van der Waals surface area contributed by atoms with Crippen LogP contribution in [0, 0.1) is 0 Å². The fourth-order valence-corrected chi connectivity index (χ4v) is 3.09. The van der Waals surface area contributed by atoms with Crippen LogP contribution in [-0.2, 0) is 9.78 Å². The molecule has 1 N–H and O–H groups in total. The van der Waals surface area contributed by atoms with E-state index in [-0.39, 0.29) is 0 Å². The quantitative estimate of drug-likeness (QED) is 0.592. The molecular weight excluding hydrogens is 214 g/mol. The summed E-state index contributed by atoms with van der Waals surface area (Å²) in [5, 5.41) is 3.84. The molecule has 0 aromatic rings. The van der Waals surface area contributed by atoms with Crippen molar-refractivity contribution >= 4 is 0 Å². The Morgan fingerprint density at radius 2 is 1.53 bits per heavy atom. The fraction of sp³-hybridized carbons (Fsp3) is 1.00. The first-order chi connectivity index (χ1) is 8.38. The van der Waals surface area contributed by atoms with Gasteiger partial charge in [-0.1, -0.05) is 19.3 Å². The average molecular weight is 241 g/mol. The maximum absolute atomic E-state index is 5.34. The van der Waals surface area contributed by atoms with Crippen molar-refractivity contribution in [2.75, 3.05) is 6.61 Å². The molecule has 0 bridgehead atoms. The van der Waals surface area contributed by atoms with Crippen molar-refractivity contribution in [1.82, 2.24) is 5.32 Å². The van der Waals surface area contributed by atoms with Gasteiger partial charge in [0.1, 0.15) is 0 Å². The van der Waals surface area contributed by atoms with E-state index >= 15 is 0 Å². The van der Waals surface area contributed by atoms with Gasteiger partial charge in [-0.2, -0.15) is 0 Å². The van der Waals surface area contributed by atoms with Crippen LogP contribution in [0.1, 0.15) is 64.7 Å². The summed E-state index contributed by atoms with van der Waals surface area (Å²) in [5.41, 5.74) is 0. The molecule has 2 saturated carbocycles. The number of hydrogen-bond donors (Lipinski definition) is 1. The molecule has 0 heterocycles. The Kier molecular flexibility index (Phi) is 5.75. The molecule has 0 aliphatic heterocycles. The topological polar surface area (TPSA) is 30.5 Å². The molecule has 2 aliphatic rings. The van der Waals surface area contributed by atoms with E-state index in [1.54, 1.807) is 0 Å². The van der Waals surface area contributed by atoms with Gasteiger partial charge in [0, 0.05) is 12.1 Å². The smallest absolute Gasteiger partial charge is 0.0931 e. The van der Waals surface area contributed by atoms with E-state index in [2.05, 4.69) is 5.32 Å². The van der Waals surface area contributed by atoms with E-state index in [9.17, 15) is 0 Å². The van der Waals surface area contributed by atoms with E-state index in [1.165, 1.54) is 44.9 Å². The van der Waals surface area contributed by atoms with Crippen molar-refractivity contribution < 1.29 is 9.78 Å². The lowest BCUT2D eigenvalue weighted by atomic mass is 9.90. The summed E-state index contributed by atoms with van der Waals surface area (Å²) < 4.78 is 0. The molecule has 3 heteroatoms. The van der Waals surface area contributed by atoms with Crippen molar-refractivity contribution in [3.63, 3.8) is 0 Å². The minimum absolute atomic E-state index is 0.333. The maximum Gasteiger partial charge on any atom is 0.0931 e. The van der Waals surface area contributed by atoms with Gasteiger partial charge in [0.2, 0.25) is 0 Å². The zero-order valence-corrected chi connectivity index (χ0v) is 11.1. The maximum atomic E-state index is 5.34. The second kappa shape index (κ2) is 7.34. The first kappa shape index (κ1) is 13.3. The largest absolute Gasteiger partial charge is 0.311 e. The Hall–Kier alpha value is -0.120. The van der Waals surface area contributed by atoms with E-state index in [0.717, 1.165) is 24.9 Å².